The van der Waals surface area contributed by atoms with Crippen LogP contribution in [0, 0.1) is 10.1 Å². The highest BCUT2D eigenvalue weighted by atomic mass is 16.6. The molecule has 1 aromatic carbocycles. The van der Waals surface area contributed by atoms with Crippen LogP contribution >= 0.6 is 0 Å². The Labute approximate surface area is 139 Å². The summed E-state index contributed by atoms with van der Waals surface area (Å²) in [6.07, 6.45) is 2.75. The fourth-order valence-corrected chi connectivity index (χ4v) is 3.02. The largest absolute Gasteiger partial charge is 0.340 e. The molecular weight excluding hydrogens is 310 g/mol. The minimum atomic E-state index is -0.505. The van der Waals surface area contributed by atoms with E-state index in [4.69, 9.17) is 5.73 Å². The number of hydrogen-bond acceptors (Lipinski definition) is 5. The Hall–Kier alpha value is -2.74. The number of aryl methyl sites for hydroxylation is 1. The summed E-state index contributed by atoms with van der Waals surface area (Å²) < 4.78 is 1.42. The predicted octanol–water partition coefficient (Wildman–Crippen LogP) is 1.13. The SMILES string of the molecule is N[C@@H]1CN(C(=O)CCn2cc([N+](=O)[O-])cn2)C[C@H]1c1ccccc1. The van der Waals surface area contributed by atoms with E-state index in [1.54, 1.807) is 4.90 Å². The van der Waals surface area contributed by atoms with Crippen molar-refractivity contribution < 1.29 is 9.72 Å². The molecule has 0 aliphatic carbocycles. The van der Waals surface area contributed by atoms with E-state index >= 15 is 0 Å². The number of likely N-dealkylation sites (tertiary alicyclic amines) is 1. The molecule has 8 nitrogen and oxygen atoms in total. The third kappa shape index (κ3) is 3.43. The van der Waals surface area contributed by atoms with Crippen molar-refractivity contribution in [3.8, 4) is 0 Å². The van der Waals surface area contributed by atoms with Crippen LogP contribution in [0.4, 0.5) is 5.69 Å². The average molecular weight is 329 g/mol. The summed E-state index contributed by atoms with van der Waals surface area (Å²) in [5, 5.41) is 14.5. The highest BCUT2D eigenvalue weighted by Gasteiger charge is 2.33. The number of benzene rings is 1. The number of hydrogen-bond donors (Lipinski definition) is 1. The first kappa shape index (κ1) is 16.1. The molecule has 1 aliphatic rings. The third-order valence-corrected chi connectivity index (χ3v) is 4.33. The molecule has 1 fully saturated rings. The number of nitrogens with two attached hydrogens (primary N) is 1. The number of rotatable bonds is 5. The van der Waals surface area contributed by atoms with E-state index in [1.165, 1.54) is 17.1 Å². The monoisotopic (exact) mass is 329 g/mol. The standard InChI is InChI=1S/C16H19N5O3/c17-15-11-19(10-14(15)12-4-2-1-3-5-12)16(22)6-7-20-9-13(8-18-20)21(23)24/h1-5,8-9,14-15H,6-7,10-11,17H2/t14-,15+/m0/s1. The Balaban J connectivity index is 1.57. The number of nitrogens with zero attached hydrogens (tertiary/aromatic N) is 4. The predicted molar refractivity (Wildman–Crippen MR) is 87.2 cm³/mol. The second-order valence-corrected chi connectivity index (χ2v) is 5.95. The first-order valence-corrected chi connectivity index (χ1v) is 7.79. The lowest BCUT2D eigenvalue weighted by Gasteiger charge is -2.16. The van der Waals surface area contributed by atoms with Crippen molar-refractivity contribution in [3.63, 3.8) is 0 Å². The fourth-order valence-electron chi connectivity index (χ4n) is 3.02. The summed E-state index contributed by atoms with van der Waals surface area (Å²) in [6.45, 7) is 1.44. The van der Waals surface area contributed by atoms with Gasteiger partial charge in [-0.3, -0.25) is 19.6 Å². The number of aromatic nitrogens is 2. The van der Waals surface area contributed by atoms with Crippen LogP contribution in [-0.4, -0.2) is 44.6 Å². The first-order chi connectivity index (χ1) is 11.5. The Bertz CT molecular complexity index is 730. The van der Waals surface area contributed by atoms with Crippen molar-refractivity contribution in [2.75, 3.05) is 13.1 Å². The minimum Gasteiger partial charge on any atom is -0.340 e. The normalized spacial score (nSPS) is 20.3. The molecule has 3 rings (SSSR count). The molecule has 126 valence electrons. The van der Waals surface area contributed by atoms with Gasteiger partial charge in [0.25, 0.3) is 0 Å². The molecule has 2 aromatic rings. The van der Waals surface area contributed by atoms with Gasteiger partial charge in [-0.05, 0) is 5.56 Å². The molecule has 24 heavy (non-hydrogen) atoms. The maximum absolute atomic E-state index is 12.4. The smallest absolute Gasteiger partial charge is 0.306 e. The van der Waals surface area contributed by atoms with Gasteiger partial charge in [-0.1, -0.05) is 30.3 Å². The number of carbonyl (C=O) groups excluding carboxylic acids is 1. The molecule has 0 bridgehead atoms. The number of carbonyl (C=O) groups is 1. The molecule has 0 unspecified atom stereocenters. The van der Waals surface area contributed by atoms with Gasteiger partial charge in [-0.15, -0.1) is 0 Å². The van der Waals surface area contributed by atoms with E-state index in [0.29, 0.717) is 19.6 Å². The van der Waals surface area contributed by atoms with Gasteiger partial charge < -0.3 is 10.6 Å². The summed E-state index contributed by atoms with van der Waals surface area (Å²) >= 11 is 0. The van der Waals surface area contributed by atoms with Crippen molar-refractivity contribution in [1.29, 1.82) is 0 Å². The number of nitro groups is 1. The Kier molecular flexibility index (Phi) is 4.57. The van der Waals surface area contributed by atoms with E-state index in [0.717, 1.165) is 5.56 Å². The van der Waals surface area contributed by atoms with Gasteiger partial charge in [0.2, 0.25) is 5.91 Å². The van der Waals surface area contributed by atoms with Crippen LogP contribution in [-0.2, 0) is 11.3 Å². The van der Waals surface area contributed by atoms with Crippen LogP contribution in [0.1, 0.15) is 17.9 Å². The molecule has 1 aromatic heterocycles. The molecule has 1 aliphatic heterocycles. The van der Waals surface area contributed by atoms with Gasteiger partial charge in [0.15, 0.2) is 0 Å². The summed E-state index contributed by atoms with van der Waals surface area (Å²) in [7, 11) is 0. The maximum atomic E-state index is 12.4. The van der Waals surface area contributed by atoms with Gasteiger partial charge in [-0.2, -0.15) is 5.10 Å². The van der Waals surface area contributed by atoms with Crippen molar-refractivity contribution in [3.05, 3.63) is 58.4 Å². The van der Waals surface area contributed by atoms with Crippen LogP contribution in [0.5, 0.6) is 0 Å². The van der Waals surface area contributed by atoms with E-state index in [1.807, 2.05) is 30.3 Å². The molecule has 2 heterocycles. The zero-order valence-electron chi connectivity index (χ0n) is 13.1. The molecule has 1 amide bonds. The fraction of sp³-hybridized carbons (Fsp3) is 0.375. The summed E-state index contributed by atoms with van der Waals surface area (Å²) in [5.74, 6) is 0.128. The Morgan fingerprint density at radius 3 is 2.75 bits per heavy atom. The zero-order chi connectivity index (χ0) is 17.1. The summed E-state index contributed by atoms with van der Waals surface area (Å²) in [4.78, 5) is 24.3. The van der Waals surface area contributed by atoms with Crippen LogP contribution in [0.25, 0.3) is 0 Å². The highest BCUT2D eigenvalue weighted by Crippen LogP contribution is 2.26. The quantitative estimate of drug-likeness (QED) is 0.653. The lowest BCUT2D eigenvalue weighted by atomic mass is 9.95. The Morgan fingerprint density at radius 2 is 2.08 bits per heavy atom. The van der Waals surface area contributed by atoms with E-state index in [9.17, 15) is 14.9 Å². The average Bonchev–Trinajstić information content (AvgIpc) is 3.20. The first-order valence-electron chi connectivity index (χ1n) is 7.79. The van der Waals surface area contributed by atoms with Gasteiger partial charge in [0.1, 0.15) is 12.4 Å². The topological polar surface area (TPSA) is 107 Å². The lowest BCUT2D eigenvalue weighted by Crippen LogP contribution is -2.32. The lowest BCUT2D eigenvalue weighted by molar-refractivity contribution is -0.385. The third-order valence-electron chi connectivity index (χ3n) is 4.33. The van der Waals surface area contributed by atoms with Crippen LogP contribution in [0.15, 0.2) is 42.7 Å². The van der Waals surface area contributed by atoms with Crippen LogP contribution in [0.3, 0.4) is 0 Å². The van der Waals surface area contributed by atoms with Crippen LogP contribution < -0.4 is 5.73 Å². The van der Waals surface area contributed by atoms with Crippen molar-refractivity contribution in [2.24, 2.45) is 5.73 Å². The van der Waals surface area contributed by atoms with Crippen molar-refractivity contribution in [2.45, 2.75) is 24.9 Å². The molecule has 0 radical (unpaired) electrons. The van der Waals surface area contributed by atoms with Gasteiger partial charge in [0, 0.05) is 38.0 Å². The Morgan fingerprint density at radius 1 is 1.33 bits per heavy atom. The maximum Gasteiger partial charge on any atom is 0.306 e. The minimum absolute atomic E-state index is 0.0120. The van der Waals surface area contributed by atoms with E-state index in [2.05, 4.69) is 5.10 Å². The van der Waals surface area contributed by atoms with E-state index < -0.39 is 4.92 Å². The summed E-state index contributed by atoms with van der Waals surface area (Å²) in [5.41, 5.74) is 7.26. The molecule has 2 N–H and O–H groups in total. The highest BCUT2D eigenvalue weighted by molar-refractivity contribution is 5.76. The van der Waals surface area contributed by atoms with Crippen molar-refractivity contribution in [1.82, 2.24) is 14.7 Å². The molecule has 8 heteroatoms. The summed E-state index contributed by atoms with van der Waals surface area (Å²) in [6, 6.07) is 9.87. The molecule has 0 saturated carbocycles. The van der Waals surface area contributed by atoms with Gasteiger partial charge in [0.05, 0.1) is 4.92 Å². The molecule has 2 atom stereocenters. The zero-order valence-corrected chi connectivity index (χ0v) is 13.1. The van der Waals surface area contributed by atoms with Gasteiger partial charge in [-0.25, -0.2) is 0 Å². The second-order valence-electron chi connectivity index (χ2n) is 5.95. The number of amides is 1. The van der Waals surface area contributed by atoms with E-state index in [-0.39, 0.29) is 30.0 Å². The molecule has 1 saturated heterocycles. The second kappa shape index (κ2) is 6.79. The molecular formula is C16H19N5O3. The molecule has 0 spiro atoms. The van der Waals surface area contributed by atoms with Crippen LogP contribution in [0.2, 0.25) is 0 Å². The van der Waals surface area contributed by atoms with Gasteiger partial charge >= 0.3 is 5.69 Å². The van der Waals surface area contributed by atoms with Crippen molar-refractivity contribution >= 4 is 11.6 Å².